The first-order chi connectivity index (χ1) is 19.7. The van der Waals surface area contributed by atoms with Crippen LogP contribution in [0.1, 0.15) is 47.1 Å². The molecule has 1 aromatic rings. The zero-order valence-electron chi connectivity index (χ0n) is 23.7. The lowest BCUT2D eigenvalue weighted by Crippen LogP contribution is -2.66. The van der Waals surface area contributed by atoms with Crippen molar-refractivity contribution >= 4 is 47.8 Å². The van der Waals surface area contributed by atoms with Gasteiger partial charge in [0.1, 0.15) is 12.7 Å². The van der Waals surface area contributed by atoms with Gasteiger partial charge in [-0.3, -0.25) is 33.6 Å². The van der Waals surface area contributed by atoms with Crippen LogP contribution in [0.3, 0.4) is 0 Å². The molecule has 1 heterocycles. The summed E-state index contributed by atoms with van der Waals surface area (Å²) in [6, 6.07) is 4.18. The lowest BCUT2D eigenvalue weighted by atomic mass is 9.97. The lowest BCUT2D eigenvalue weighted by molar-refractivity contribution is -0.256. The molecule has 0 saturated carbocycles. The molecule has 15 nitrogen and oxygen atoms in total. The van der Waals surface area contributed by atoms with Crippen LogP contribution in [0.25, 0.3) is 6.08 Å². The summed E-state index contributed by atoms with van der Waals surface area (Å²) in [6.45, 7) is 6.20. The van der Waals surface area contributed by atoms with Gasteiger partial charge in [0.15, 0.2) is 36.0 Å². The number of ether oxygens (including phenoxy) is 7. The van der Waals surface area contributed by atoms with Crippen molar-refractivity contribution in [2.24, 2.45) is 0 Å². The topological polar surface area (TPSA) is 196 Å². The van der Waals surface area contributed by atoms with E-state index >= 15 is 0 Å². The second kappa shape index (κ2) is 15.3. The van der Waals surface area contributed by atoms with Crippen LogP contribution in [0.2, 0.25) is 0 Å². The van der Waals surface area contributed by atoms with Gasteiger partial charge in [-0.05, 0) is 23.8 Å². The Kier molecular flexibility index (Phi) is 12.2. The van der Waals surface area contributed by atoms with Gasteiger partial charge in [-0.15, -0.1) is 0 Å². The summed E-state index contributed by atoms with van der Waals surface area (Å²) < 4.78 is 36.8. The van der Waals surface area contributed by atoms with Crippen molar-refractivity contribution < 1.29 is 66.7 Å². The van der Waals surface area contributed by atoms with Crippen molar-refractivity contribution in [3.05, 3.63) is 29.8 Å². The Labute approximate surface area is 240 Å². The number of benzene rings is 1. The number of nitrogens with one attached hydrogen (secondary N) is 1. The summed E-state index contributed by atoms with van der Waals surface area (Å²) in [5.41, 5.74) is 0.360. The summed E-state index contributed by atoms with van der Waals surface area (Å²) in [5.74, 6) is -5.34. The van der Waals surface area contributed by atoms with Crippen LogP contribution in [-0.2, 0) is 57.2 Å². The van der Waals surface area contributed by atoms with E-state index < -0.39 is 79.0 Å². The summed E-state index contributed by atoms with van der Waals surface area (Å²) in [5, 5.41) is 2.47. The normalized spacial score (nSPS) is 21.4. The quantitative estimate of drug-likeness (QED) is 0.173. The van der Waals surface area contributed by atoms with E-state index in [1.165, 1.54) is 31.2 Å². The van der Waals surface area contributed by atoms with E-state index in [-0.39, 0.29) is 11.5 Å². The third-order valence-corrected chi connectivity index (χ3v) is 5.18. The Morgan fingerprint density at radius 1 is 0.714 bits per heavy atom. The van der Waals surface area contributed by atoms with Gasteiger partial charge in [0.05, 0.1) is 0 Å². The minimum Gasteiger partial charge on any atom is -0.463 e. The molecule has 42 heavy (non-hydrogen) atoms. The number of carbonyl (C=O) groups excluding carboxylic acids is 7. The first kappa shape index (κ1) is 33.4. The largest absolute Gasteiger partial charge is 0.463 e. The van der Waals surface area contributed by atoms with Gasteiger partial charge in [0, 0.05) is 47.6 Å². The van der Waals surface area contributed by atoms with Crippen molar-refractivity contribution in [3.8, 4) is 11.5 Å². The molecular formula is C27H31NO14. The molecule has 1 N–H and O–H groups in total. The molecule has 0 spiro atoms. The van der Waals surface area contributed by atoms with E-state index in [1.807, 2.05) is 0 Å². The minimum absolute atomic E-state index is 0.0169. The molecule has 1 aliphatic rings. The molecule has 2 rings (SSSR count). The molecule has 0 aliphatic carbocycles. The number of hydrogen-bond donors (Lipinski definition) is 1. The average Bonchev–Trinajstić information content (AvgIpc) is 2.85. The first-order valence-electron chi connectivity index (χ1n) is 12.5. The number of carbonyl (C=O) groups is 7. The first-order valence-corrected chi connectivity index (χ1v) is 12.5. The Morgan fingerprint density at radius 3 is 1.81 bits per heavy atom. The van der Waals surface area contributed by atoms with Crippen molar-refractivity contribution in [1.82, 2.24) is 5.32 Å². The van der Waals surface area contributed by atoms with E-state index in [2.05, 4.69) is 5.32 Å². The van der Waals surface area contributed by atoms with Gasteiger partial charge in [-0.25, -0.2) is 0 Å². The highest BCUT2D eigenvalue weighted by Gasteiger charge is 2.52. The summed E-state index contributed by atoms with van der Waals surface area (Å²) in [7, 11) is 0. The minimum atomic E-state index is -1.49. The third-order valence-electron chi connectivity index (χ3n) is 5.18. The smallest absolute Gasteiger partial charge is 0.308 e. The number of amides is 1. The van der Waals surface area contributed by atoms with Gasteiger partial charge >= 0.3 is 35.8 Å². The summed E-state index contributed by atoms with van der Waals surface area (Å²) in [6.07, 6.45) is -4.65. The van der Waals surface area contributed by atoms with Gasteiger partial charge in [-0.2, -0.15) is 0 Å². The monoisotopic (exact) mass is 593 g/mol. The van der Waals surface area contributed by atoms with Gasteiger partial charge in [0.25, 0.3) is 0 Å². The van der Waals surface area contributed by atoms with E-state index in [9.17, 15) is 33.6 Å². The molecule has 1 aliphatic heterocycles. The maximum Gasteiger partial charge on any atom is 0.308 e. The highest BCUT2D eigenvalue weighted by Crippen LogP contribution is 2.30. The lowest BCUT2D eigenvalue weighted by Gasteiger charge is -2.44. The molecule has 0 aromatic heterocycles. The Bertz CT molecular complexity index is 1260. The van der Waals surface area contributed by atoms with E-state index in [0.717, 1.165) is 40.7 Å². The second-order valence-electron chi connectivity index (χ2n) is 8.86. The van der Waals surface area contributed by atoms with Crippen LogP contribution in [0.15, 0.2) is 24.3 Å². The predicted octanol–water partition coefficient (Wildman–Crippen LogP) is 0.750. The SMILES string of the molecule is CC(=O)OC[C@H]1O[C@@H](NC(=O)/C=C/c2ccc(OC(C)=O)c(OC(C)=O)c2)[C@H](OC(C)=O)[C@@H](OC(C)=O)[C@H]1OC(C)=O. The van der Waals surface area contributed by atoms with Crippen molar-refractivity contribution in [1.29, 1.82) is 0 Å². The van der Waals surface area contributed by atoms with Gasteiger partial charge in [-0.1, -0.05) is 6.07 Å². The maximum atomic E-state index is 12.9. The van der Waals surface area contributed by atoms with Crippen molar-refractivity contribution in [2.45, 2.75) is 72.2 Å². The molecule has 1 fully saturated rings. The zero-order chi connectivity index (χ0) is 31.6. The Morgan fingerprint density at radius 2 is 1.26 bits per heavy atom. The Hall–Kier alpha value is -4.79. The van der Waals surface area contributed by atoms with Crippen molar-refractivity contribution in [2.75, 3.05) is 6.61 Å². The molecule has 1 aromatic carbocycles. The molecule has 0 unspecified atom stereocenters. The van der Waals surface area contributed by atoms with E-state index in [4.69, 9.17) is 33.2 Å². The molecular weight excluding hydrogens is 562 g/mol. The van der Waals surface area contributed by atoms with Crippen LogP contribution < -0.4 is 14.8 Å². The molecule has 1 amide bonds. The van der Waals surface area contributed by atoms with Gasteiger partial charge < -0.3 is 38.5 Å². The van der Waals surface area contributed by atoms with E-state index in [0.29, 0.717) is 5.56 Å². The standard InChI is InChI=1S/C27H31NO14/c1-13(29)36-12-22-24(39-16(4)32)25(40-17(5)33)26(41-18(6)34)27(42-22)28-23(35)10-8-19-7-9-20(37-14(2)30)21(11-19)38-15(3)31/h7-11,22,24-27H,12H2,1-6H3,(H,28,35)/b10-8+/t22-,24+,25+,26-,27-/m1/s1. The van der Waals surface area contributed by atoms with Gasteiger partial charge in [0.2, 0.25) is 5.91 Å². The highest BCUT2D eigenvalue weighted by atomic mass is 16.7. The Balaban J connectivity index is 2.38. The molecule has 0 radical (unpaired) electrons. The summed E-state index contributed by atoms with van der Waals surface area (Å²) in [4.78, 5) is 82.8. The van der Waals surface area contributed by atoms with Crippen LogP contribution in [0.5, 0.6) is 11.5 Å². The molecule has 15 heteroatoms. The van der Waals surface area contributed by atoms with Crippen LogP contribution >= 0.6 is 0 Å². The average molecular weight is 594 g/mol. The second-order valence-corrected chi connectivity index (χ2v) is 8.86. The van der Waals surface area contributed by atoms with Crippen LogP contribution in [0, 0.1) is 0 Å². The summed E-state index contributed by atoms with van der Waals surface area (Å²) >= 11 is 0. The molecule has 1 saturated heterocycles. The van der Waals surface area contributed by atoms with Crippen LogP contribution in [-0.4, -0.2) is 79.0 Å². The number of esters is 6. The molecule has 5 atom stereocenters. The number of rotatable bonds is 10. The highest BCUT2D eigenvalue weighted by molar-refractivity contribution is 5.92. The fraction of sp³-hybridized carbons (Fsp3) is 0.444. The van der Waals surface area contributed by atoms with Crippen molar-refractivity contribution in [3.63, 3.8) is 0 Å². The fourth-order valence-corrected chi connectivity index (χ4v) is 3.81. The van der Waals surface area contributed by atoms with E-state index in [1.54, 1.807) is 0 Å². The third kappa shape index (κ3) is 10.6. The zero-order valence-corrected chi connectivity index (χ0v) is 23.7. The molecule has 228 valence electrons. The maximum absolute atomic E-state index is 12.9. The molecule has 0 bridgehead atoms. The number of hydrogen-bond acceptors (Lipinski definition) is 14. The predicted molar refractivity (Wildman–Crippen MR) is 138 cm³/mol. The van der Waals surface area contributed by atoms with Crippen LogP contribution in [0.4, 0.5) is 0 Å². The fourth-order valence-electron chi connectivity index (χ4n) is 3.81.